The van der Waals surface area contributed by atoms with Gasteiger partial charge >= 0.3 is 0 Å². The summed E-state index contributed by atoms with van der Waals surface area (Å²) in [5.74, 6) is 0. The molecule has 0 aliphatic heterocycles. The minimum atomic E-state index is -2.33. The van der Waals surface area contributed by atoms with E-state index >= 15 is 0 Å². The van der Waals surface area contributed by atoms with Crippen molar-refractivity contribution in [1.29, 1.82) is 0 Å². The average molecular weight is 214 g/mol. The Kier molecular flexibility index (Phi) is 4.60. The summed E-state index contributed by atoms with van der Waals surface area (Å²) in [4.78, 5) is 8.33. The lowest BCUT2D eigenvalue weighted by Gasteiger charge is -1.98. The van der Waals surface area contributed by atoms with E-state index in [2.05, 4.69) is 48.5 Å². The Hall–Kier alpha value is -2.29. The van der Waals surface area contributed by atoms with Crippen molar-refractivity contribution in [2.75, 3.05) is 0 Å². The summed E-state index contributed by atoms with van der Waals surface area (Å²) < 4.78 is 0. The molecule has 0 atom stereocenters. The number of carbonyl (C=O) groups is 1. The van der Waals surface area contributed by atoms with Crippen LogP contribution in [0.2, 0.25) is 0 Å². The lowest BCUT2D eigenvalue weighted by Crippen LogP contribution is -2.37. The van der Waals surface area contributed by atoms with Gasteiger partial charge in [0, 0.05) is 0 Å². The number of hydrogen-bond acceptors (Lipinski definition) is 3. The monoisotopic (exact) mass is 214 g/mol. The molecule has 2 rings (SSSR count). The molecular weight excluding hydrogens is 204 g/mol. The van der Waals surface area contributed by atoms with Crippen LogP contribution >= 0.6 is 0 Å². The van der Waals surface area contributed by atoms with E-state index in [1.165, 1.54) is 11.1 Å². The molecule has 0 radical (unpaired) electrons. The molecule has 0 saturated carbocycles. The zero-order valence-corrected chi connectivity index (χ0v) is 8.50. The molecule has 0 spiro atoms. The highest BCUT2D eigenvalue weighted by atomic mass is 16.6. The van der Waals surface area contributed by atoms with Gasteiger partial charge in [0.25, 0.3) is 0 Å². The van der Waals surface area contributed by atoms with Crippen LogP contribution in [0.25, 0.3) is 11.1 Å². The van der Waals surface area contributed by atoms with Gasteiger partial charge in [0.05, 0.1) is 0 Å². The van der Waals surface area contributed by atoms with Crippen LogP contribution in [0.4, 0.5) is 4.79 Å². The van der Waals surface area contributed by atoms with Crippen LogP contribution in [0.1, 0.15) is 0 Å². The van der Waals surface area contributed by atoms with Gasteiger partial charge in [-0.2, -0.15) is 0 Å². The van der Waals surface area contributed by atoms with Crippen molar-refractivity contribution in [3.8, 4) is 11.1 Å². The Morgan fingerprint density at radius 3 is 1.19 bits per heavy atom. The predicted molar refractivity (Wildman–Crippen MR) is 57.3 cm³/mol. The molecule has 0 aliphatic carbocycles. The Morgan fingerprint density at radius 1 is 0.688 bits per heavy atom. The third-order valence-electron chi connectivity index (χ3n) is 1.88. The van der Waals surface area contributed by atoms with Crippen LogP contribution in [0, 0.1) is 0 Å². The van der Waals surface area contributed by atoms with E-state index < -0.39 is 6.16 Å². The van der Waals surface area contributed by atoms with Crippen molar-refractivity contribution < 1.29 is 15.0 Å². The molecule has 0 N–H and O–H groups in total. The summed E-state index contributed by atoms with van der Waals surface area (Å²) in [5.41, 5.74) is 2.55. The van der Waals surface area contributed by atoms with Crippen molar-refractivity contribution >= 4 is 6.16 Å². The minimum Gasteiger partial charge on any atom is -0.652 e. The Bertz CT molecular complexity index is 382. The molecule has 3 nitrogen and oxygen atoms in total. The van der Waals surface area contributed by atoms with Crippen LogP contribution in [-0.2, 0) is 0 Å². The fraction of sp³-hybridized carbons (Fsp3) is 0. The van der Waals surface area contributed by atoms with E-state index in [0.717, 1.165) is 0 Å². The number of hydrogen-bond donors (Lipinski definition) is 0. The highest BCUT2D eigenvalue weighted by Gasteiger charge is 1.91. The first-order chi connectivity index (χ1) is 7.70. The van der Waals surface area contributed by atoms with Crippen molar-refractivity contribution in [2.45, 2.75) is 0 Å². The molecule has 0 fully saturated rings. The number of rotatable bonds is 1. The molecule has 0 bridgehead atoms. The van der Waals surface area contributed by atoms with Crippen molar-refractivity contribution in [3.05, 3.63) is 60.7 Å². The van der Waals surface area contributed by atoms with Crippen LogP contribution in [0.15, 0.2) is 60.7 Å². The van der Waals surface area contributed by atoms with Gasteiger partial charge in [-0.15, -0.1) is 0 Å². The largest absolute Gasteiger partial charge is 0.652 e. The van der Waals surface area contributed by atoms with E-state index in [1.54, 1.807) is 0 Å². The third kappa shape index (κ3) is 4.28. The lowest BCUT2D eigenvalue weighted by atomic mass is 10.1. The predicted octanol–water partition coefficient (Wildman–Crippen LogP) is 0.907. The van der Waals surface area contributed by atoms with Crippen LogP contribution in [0.3, 0.4) is 0 Å². The quantitative estimate of drug-likeness (QED) is 0.708. The van der Waals surface area contributed by atoms with Gasteiger partial charge < -0.3 is 15.0 Å². The molecule has 0 saturated heterocycles. The standard InChI is InChI=1S/C12H10.CH2O3/c1-3-7-11(8-4-1)12-9-5-2-6-10-12;2-1(3)4/h1-10H;(H2,2,3,4)/p-2. The second-order valence-electron chi connectivity index (χ2n) is 2.98. The lowest BCUT2D eigenvalue weighted by molar-refractivity contribution is -0.415. The molecule has 0 heterocycles. The van der Waals surface area contributed by atoms with Crippen molar-refractivity contribution in [1.82, 2.24) is 0 Å². The van der Waals surface area contributed by atoms with Crippen molar-refractivity contribution in [2.24, 2.45) is 0 Å². The van der Waals surface area contributed by atoms with E-state index in [1.807, 2.05) is 12.1 Å². The van der Waals surface area contributed by atoms with E-state index in [4.69, 9.17) is 15.0 Å². The molecule has 2 aromatic rings. The molecule has 3 heteroatoms. The maximum absolute atomic E-state index is 8.33. The van der Waals surface area contributed by atoms with Gasteiger partial charge in [-0.05, 0) is 17.3 Å². The van der Waals surface area contributed by atoms with Gasteiger partial charge in [0.15, 0.2) is 0 Å². The van der Waals surface area contributed by atoms with E-state index in [-0.39, 0.29) is 0 Å². The maximum Gasteiger partial charge on any atom is -0.0184 e. The van der Waals surface area contributed by atoms with Crippen LogP contribution < -0.4 is 10.2 Å². The maximum atomic E-state index is 8.33. The summed E-state index contributed by atoms with van der Waals surface area (Å²) in [6.07, 6.45) is -2.33. The molecule has 0 aliphatic rings. The smallest absolute Gasteiger partial charge is 0.0184 e. The minimum absolute atomic E-state index is 1.28. The number of carbonyl (C=O) groups excluding carboxylic acids is 1. The second kappa shape index (κ2) is 6.24. The normalized spacial score (nSPS) is 8.75. The SMILES string of the molecule is O=C([O-])[O-].c1ccc(-c2ccccc2)cc1. The van der Waals surface area contributed by atoms with Gasteiger partial charge in [-0.1, -0.05) is 60.7 Å². The Labute approximate surface area is 93.6 Å². The number of carboxylic acid groups (broad SMARTS) is 2. The van der Waals surface area contributed by atoms with E-state index in [9.17, 15) is 0 Å². The molecule has 0 unspecified atom stereocenters. The molecule has 2 aromatic carbocycles. The van der Waals surface area contributed by atoms with Crippen LogP contribution in [0.5, 0.6) is 0 Å². The summed E-state index contributed by atoms with van der Waals surface area (Å²) >= 11 is 0. The fourth-order valence-electron chi connectivity index (χ4n) is 1.26. The highest BCUT2D eigenvalue weighted by molar-refractivity contribution is 5.62. The topological polar surface area (TPSA) is 63.2 Å². The van der Waals surface area contributed by atoms with Gasteiger partial charge in [0.2, 0.25) is 0 Å². The first kappa shape index (κ1) is 11.8. The highest BCUT2D eigenvalue weighted by Crippen LogP contribution is 2.17. The molecule has 82 valence electrons. The third-order valence-corrected chi connectivity index (χ3v) is 1.88. The first-order valence-corrected chi connectivity index (χ1v) is 4.68. The number of benzene rings is 2. The molecular formula is C13H10O3-2. The summed E-state index contributed by atoms with van der Waals surface area (Å²) in [7, 11) is 0. The molecule has 0 aromatic heterocycles. The van der Waals surface area contributed by atoms with Gasteiger partial charge in [0.1, 0.15) is 0 Å². The summed E-state index contributed by atoms with van der Waals surface area (Å²) in [6.45, 7) is 0. The second-order valence-corrected chi connectivity index (χ2v) is 2.98. The zero-order chi connectivity index (χ0) is 11.8. The fourth-order valence-corrected chi connectivity index (χ4v) is 1.26. The van der Waals surface area contributed by atoms with Crippen molar-refractivity contribution in [3.63, 3.8) is 0 Å². The zero-order valence-electron chi connectivity index (χ0n) is 8.50. The molecule has 16 heavy (non-hydrogen) atoms. The van der Waals surface area contributed by atoms with Crippen LogP contribution in [-0.4, -0.2) is 6.16 Å². The average Bonchev–Trinajstić information content (AvgIpc) is 2.31. The van der Waals surface area contributed by atoms with Gasteiger partial charge in [-0.3, -0.25) is 0 Å². The molecule has 0 amide bonds. The van der Waals surface area contributed by atoms with E-state index in [0.29, 0.717) is 0 Å². The summed E-state index contributed by atoms with van der Waals surface area (Å²) in [6, 6.07) is 20.8. The first-order valence-electron chi connectivity index (χ1n) is 4.68. The summed E-state index contributed by atoms with van der Waals surface area (Å²) in [5, 5.41) is 16.7. The Morgan fingerprint density at radius 2 is 0.938 bits per heavy atom. The Balaban J connectivity index is 0.000000280. The van der Waals surface area contributed by atoms with Gasteiger partial charge in [-0.25, -0.2) is 0 Å².